The minimum absolute atomic E-state index is 0.609. The fraction of sp³-hybridized carbons (Fsp3) is 0.545. The molecule has 82 valence electrons. The summed E-state index contributed by atoms with van der Waals surface area (Å²) in [6.45, 7) is 1.49. The molecule has 0 amide bonds. The van der Waals surface area contributed by atoms with E-state index in [4.69, 9.17) is 10.5 Å². The fourth-order valence-electron chi connectivity index (χ4n) is 1.74. The lowest BCUT2D eigenvalue weighted by Gasteiger charge is -2.24. The fourth-order valence-corrected chi connectivity index (χ4v) is 1.74. The zero-order valence-corrected chi connectivity index (χ0v) is 9.02. The van der Waals surface area contributed by atoms with Gasteiger partial charge in [0, 0.05) is 25.3 Å². The number of methoxy groups -OCH3 is 1. The summed E-state index contributed by atoms with van der Waals surface area (Å²) < 4.78 is 5.31. The van der Waals surface area contributed by atoms with Crippen LogP contribution in [0.1, 0.15) is 12.8 Å². The highest BCUT2D eigenvalue weighted by atomic mass is 16.5. The molecule has 15 heavy (non-hydrogen) atoms. The van der Waals surface area contributed by atoms with E-state index < -0.39 is 0 Å². The summed E-state index contributed by atoms with van der Waals surface area (Å²) in [6.07, 6.45) is 4.27. The lowest BCUT2D eigenvalue weighted by molar-refractivity contribution is 0.412. The number of nitrogens with zero attached hydrogens (tertiary/aromatic N) is 2. The van der Waals surface area contributed by atoms with Gasteiger partial charge >= 0.3 is 0 Å². The molecule has 0 aromatic carbocycles. The zero-order chi connectivity index (χ0) is 10.7. The Morgan fingerprint density at radius 1 is 1.60 bits per heavy atom. The van der Waals surface area contributed by atoms with Crippen molar-refractivity contribution >= 4 is 5.82 Å². The van der Waals surface area contributed by atoms with Crippen molar-refractivity contribution in [1.82, 2.24) is 4.98 Å². The number of nitrogens with two attached hydrogens (primary N) is 1. The van der Waals surface area contributed by atoms with E-state index >= 15 is 0 Å². The van der Waals surface area contributed by atoms with E-state index in [-0.39, 0.29) is 0 Å². The van der Waals surface area contributed by atoms with Crippen LogP contribution in [0.3, 0.4) is 0 Å². The first-order valence-electron chi connectivity index (χ1n) is 5.32. The molecule has 2 N–H and O–H groups in total. The molecule has 0 atom stereocenters. The normalized spacial score (nSPS) is 15.1. The van der Waals surface area contributed by atoms with Gasteiger partial charge in [-0.2, -0.15) is 0 Å². The summed E-state index contributed by atoms with van der Waals surface area (Å²) in [5.41, 5.74) is 5.61. The minimum Gasteiger partial charge on any atom is -0.493 e. The van der Waals surface area contributed by atoms with Gasteiger partial charge < -0.3 is 15.4 Å². The summed E-state index contributed by atoms with van der Waals surface area (Å²) in [6, 6.07) is 4.43. The van der Waals surface area contributed by atoms with Gasteiger partial charge in [0.2, 0.25) is 0 Å². The molecule has 4 heteroatoms. The average Bonchev–Trinajstić information content (AvgIpc) is 3.10. The highest BCUT2D eigenvalue weighted by molar-refractivity contribution is 5.53. The number of hydrogen-bond donors (Lipinski definition) is 1. The third kappa shape index (κ3) is 2.21. The summed E-state index contributed by atoms with van der Waals surface area (Å²) >= 11 is 0. The van der Waals surface area contributed by atoms with Crippen LogP contribution in [0, 0.1) is 0 Å². The van der Waals surface area contributed by atoms with Crippen LogP contribution in [-0.4, -0.2) is 31.2 Å². The van der Waals surface area contributed by atoms with Crippen molar-refractivity contribution in [3.63, 3.8) is 0 Å². The standard InChI is InChI=1S/C11H17N3O/c1-15-10-3-2-7-13-11(10)14(8-6-12)9-4-5-9/h2-3,7,9H,4-6,8,12H2,1H3. The Morgan fingerprint density at radius 2 is 2.40 bits per heavy atom. The Hall–Kier alpha value is -1.29. The van der Waals surface area contributed by atoms with Crippen LogP contribution in [0.25, 0.3) is 0 Å². The molecule has 0 aliphatic heterocycles. The van der Waals surface area contributed by atoms with Crippen LogP contribution >= 0.6 is 0 Å². The maximum Gasteiger partial charge on any atom is 0.171 e. The van der Waals surface area contributed by atoms with E-state index in [1.165, 1.54) is 12.8 Å². The maximum atomic E-state index is 5.61. The van der Waals surface area contributed by atoms with Crippen LogP contribution in [0.4, 0.5) is 5.82 Å². The van der Waals surface area contributed by atoms with Crippen molar-refractivity contribution in [2.24, 2.45) is 5.73 Å². The highest BCUT2D eigenvalue weighted by Crippen LogP contribution is 2.34. The van der Waals surface area contributed by atoms with Gasteiger partial charge in [0.25, 0.3) is 0 Å². The van der Waals surface area contributed by atoms with Crippen LogP contribution in [0.15, 0.2) is 18.3 Å². The van der Waals surface area contributed by atoms with Crippen LogP contribution < -0.4 is 15.4 Å². The van der Waals surface area contributed by atoms with Gasteiger partial charge in [-0.1, -0.05) is 0 Å². The van der Waals surface area contributed by atoms with Crippen molar-refractivity contribution in [3.8, 4) is 5.75 Å². The Balaban J connectivity index is 2.23. The number of rotatable bonds is 5. The predicted molar refractivity (Wildman–Crippen MR) is 60.2 cm³/mol. The second kappa shape index (κ2) is 4.49. The van der Waals surface area contributed by atoms with Crippen LogP contribution in [0.2, 0.25) is 0 Å². The van der Waals surface area contributed by atoms with Crippen molar-refractivity contribution in [2.75, 3.05) is 25.1 Å². The molecular weight excluding hydrogens is 190 g/mol. The average molecular weight is 207 g/mol. The monoisotopic (exact) mass is 207 g/mol. The lowest BCUT2D eigenvalue weighted by Crippen LogP contribution is -2.32. The molecule has 1 fully saturated rings. The van der Waals surface area contributed by atoms with Crippen molar-refractivity contribution in [2.45, 2.75) is 18.9 Å². The van der Waals surface area contributed by atoms with E-state index in [2.05, 4.69) is 9.88 Å². The molecule has 1 saturated carbocycles. The lowest BCUT2D eigenvalue weighted by atomic mass is 10.3. The summed E-state index contributed by atoms with van der Waals surface area (Å²) in [5.74, 6) is 1.76. The van der Waals surface area contributed by atoms with E-state index in [1.54, 1.807) is 13.3 Å². The number of ether oxygens (including phenoxy) is 1. The largest absolute Gasteiger partial charge is 0.493 e. The van der Waals surface area contributed by atoms with Gasteiger partial charge in [-0.15, -0.1) is 0 Å². The Kier molecular flexibility index (Phi) is 3.06. The van der Waals surface area contributed by atoms with E-state index in [0.717, 1.165) is 18.1 Å². The van der Waals surface area contributed by atoms with Gasteiger partial charge in [0.1, 0.15) is 0 Å². The first kappa shape index (κ1) is 10.2. The van der Waals surface area contributed by atoms with Gasteiger partial charge in [0.05, 0.1) is 7.11 Å². The van der Waals surface area contributed by atoms with E-state index in [0.29, 0.717) is 12.6 Å². The first-order valence-corrected chi connectivity index (χ1v) is 5.32. The molecule has 2 rings (SSSR count). The SMILES string of the molecule is COc1cccnc1N(CCN)C1CC1. The molecule has 1 aromatic rings. The molecule has 0 radical (unpaired) electrons. The van der Waals surface area contributed by atoms with Crippen molar-refractivity contribution < 1.29 is 4.74 Å². The van der Waals surface area contributed by atoms with Gasteiger partial charge in [-0.05, 0) is 25.0 Å². The highest BCUT2D eigenvalue weighted by Gasteiger charge is 2.30. The summed E-state index contributed by atoms with van der Waals surface area (Å²) in [4.78, 5) is 6.62. The molecule has 4 nitrogen and oxygen atoms in total. The molecule has 0 bridgehead atoms. The quantitative estimate of drug-likeness (QED) is 0.783. The van der Waals surface area contributed by atoms with Crippen LogP contribution in [-0.2, 0) is 0 Å². The molecule has 0 unspecified atom stereocenters. The Bertz CT molecular complexity index is 325. The van der Waals surface area contributed by atoms with E-state index in [1.807, 2.05) is 12.1 Å². The summed E-state index contributed by atoms with van der Waals surface area (Å²) in [7, 11) is 1.67. The Morgan fingerprint density at radius 3 is 3.00 bits per heavy atom. The number of anilines is 1. The minimum atomic E-state index is 0.609. The molecule has 1 aromatic heterocycles. The van der Waals surface area contributed by atoms with E-state index in [9.17, 15) is 0 Å². The zero-order valence-electron chi connectivity index (χ0n) is 9.02. The van der Waals surface area contributed by atoms with Crippen molar-refractivity contribution in [3.05, 3.63) is 18.3 Å². The number of hydrogen-bond acceptors (Lipinski definition) is 4. The Labute approximate surface area is 90.0 Å². The van der Waals surface area contributed by atoms with Gasteiger partial charge in [-0.3, -0.25) is 0 Å². The topological polar surface area (TPSA) is 51.4 Å². The molecular formula is C11H17N3O. The second-order valence-electron chi connectivity index (χ2n) is 3.74. The smallest absolute Gasteiger partial charge is 0.171 e. The van der Waals surface area contributed by atoms with Gasteiger partial charge in [-0.25, -0.2) is 4.98 Å². The summed E-state index contributed by atoms with van der Waals surface area (Å²) in [5, 5.41) is 0. The third-order valence-corrected chi connectivity index (χ3v) is 2.60. The number of aromatic nitrogens is 1. The molecule has 1 aliphatic carbocycles. The number of pyridine rings is 1. The molecule has 0 saturated heterocycles. The maximum absolute atomic E-state index is 5.61. The first-order chi connectivity index (χ1) is 7.36. The van der Waals surface area contributed by atoms with Gasteiger partial charge in [0.15, 0.2) is 11.6 Å². The molecule has 1 aliphatic rings. The van der Waals surface area contributed by atoms with Crippen molar-refractivity contribution in [1.29, 1.82) is 0 Å². The molecule has 1 heterocycles. The third-order valence-electron chi connectivity index (χ3n) is 2.60. The van der Waals surface area contributed by atoms with Crippen LogP contribution in [0.5, 0.6) is 5.75 Å². The molecule has 0 spiro atoms. The predicted octanol–water partition coefficient (Wildman–Crippen LogP) is 1.02. The second-order valence-corrected chi connectivity index (χ2v) is 3.74.